The van der Waals surface area contributed by atoms with Crippen LogP contribution in [0.3, 0.4) is 0 Å². The molecular formula is C9H8N5O. The highest BCUT2D eigenvalue weighted by Gasteiger charge is 2.01. The Morgan fingerprint density at radius 1 is 1.33 bits per heavy atom. The first kappa shape index (κ1) is 9.32. The average Bonchev–Trinajstić information content (AvgIpc) is 2.71. The molecule has 2 N–H and O–H groups in total. The molecule has 0 spiro atoms. The number of aromatic nitrogens is 4. The molecule has 0 unspecified atom stereocenters. The van der Waals surface area contributed by atoms with Crippen molar-refractivity contribution < 1.29 is 4.79 Å². The van der Waals surface area contributed by atoms with Gasteiger partial charge in [0.15, 0.2) is 5.82 Å². The van der Waals surface area contributed by atoms with Crippen molar-refractivity contribution in [3.05, 3.63) is 31.2 Å². The summed E-state index contributed by atoms with van der Waals surface area (Å²) in [6.07, 6.45) is 0. The summed E-state index contributed by atoms with van der Waals surface area (Å²) in [5, 5.41) is 15.9. The number of hydrogen-bond acceptors (Lipinski definition) is 4. The van der Waals surface area contributed by atoms with Gasteiger partial charge in [0, 0.05) is 18.2 Å². The SMILES string of the molecule is [CH2]C(=O)Nc1ccc(-c2nnn[nH]2)cc1. The van der Waals surface area contributed by atoms with Crippen molar-refractivity contribution >= 4 is 11.6 Å². The van der Waals surface area contributed by atoms with Gasteiger partial charge in [-0.25, -0.2) is 5.10 Å². The van der Waals surface area contributed by atoms with Gasteiger partial charge in [0.2, 0.25) is 5.91 Å². The van der Waals surface area contributed by atoms with Crippen LogP contribution in [0, 0.1) is 6.92 Å². The molecule has 0 fully saturated rings. The van der Waals surface area contributed by atoms with E-state index < -0.39 is 0 Å². The fraction of sp³-hybridized carbons (Fsp3) is 0. The first-order valence-electron chi connectivity index (χ1n) is 4.23. The number of aromatic amines is 1. The van der Waals surface area contributed by atoms with Gasteiger partial charge in [-0.1, -0.05) is 0 Å². The number of carbonyl (C=O) groups excluding carboxylic acids is 1. The van der Waals surface area contributed by atoms with Crippen LogP contribution in [-0.4, -0.2) is 26.5 Å². The Morgan fingerprint density at radius 2 is 2.07 bits per heavy atom. The maximum atomic E-state index is 10.7. The third-order valence-electron chi connectivity index (χ3n) is 1.79. The summed E-state index contributed by atoms with van der Waals surface area (Å²) in [7, 11) is 0. The number of rotatable bonds is 2. The lowest BCUT2D eigenvalue weighted by Crippen LogP contribution is -2.05. The molecule has 75 valence electrons. The molecule has 2 aromatic rings. The maximum absolute atomic E-state index is 10.7. The zero-order valence-electron chi connectivity index (χ0n) is 7.77. The van der Waals surface area contributed by atoms with E-state index in [1.54, 1.807) is 24.3 Å². The molecule has 0 saturated heterocycles. The quantitative estimate of drug-likeness (QED) is 0.748. The second kappa shape index (κ2) is 3.87. The van der Waals surface area contributed by atoms with Crippen LogP contribution in [0.15, 0.2) is 24.3 Å². The standard InChI is InChI=1S/C9H8N5O/c1-6(15)10-8-4-2-7(3-5-8)9-11-13-14-12-9/h2-5H,1H2,(H,10,15)(H,11,12,13,14). The molecule has 2 rings (SSSR count). The van der Waals surface area contributed by atoms with Gasteiger partial charge in [0.1, 0.15) is 0 Å². The van der Waals surface area contributed by atoms with E-state index in [-0.39, 0.29) is 5.91 Å². The summed E-state index contributed by atoms with van der Waals surface area (Å²) in [6.45, 7) is 3.22. The van der Waals surface area contributed by atoms with Gasteiger partial charge >= 0.3 is 0 Å². The van der Waals surface area contributed by atoms with Crippen molar-refractivity contribution in [3.8, 4) is 11.4 Å². The number of nitrogens with zero attached hydrogens (tertiary/aromatic N) is 3. The van der Waals surface area contributed by atoms with Gasteiger partial charge in [0.25, 0.3) is 0 Å². The van der Waals surface area contributed by atoms with Gasteiger partial charge in [-0.15, -0.1) is 5.10 Å². The predicted octanol–water partition coefficient (Wildman–Crippen LogP) is 0.639. The van der Waals surface area contributed by atoms with Crippen molar-refractivity contribution in [2.75, 3.05) is 5.32 Å². The minimum Gasteiger partial charge on any atom is -0.326 e. The predicted molar refractivity (Wildman–Crippen MR) is 53.6 cm³/mol. The van der Waals surface area contributed by atoms with Crippen molar-refractivity contribution in [1.82, 2.24) is 20.6 Å². The van der Waals surface area contributed by atoms with Crippen LogP contribution < -0.4 is 5.32 Å². The highest BCUT2D eigenvalue weighted by Crippen LogP contribution is 2.16. The fourth-order valence-corrected chi connectivity index (χ4v) is 1.15. The van der Waals surface area contributed by atoms with Gasteiger partial charge in [0.05, 0.1) is 0 Å². The number of anilines is 1. The van der Waals surface area contributed by atoms with Crippen LogP contribution in [0.4, 0.5) is 5.69 Å². The highest BCUT2D eigenvalue weighted by atomic mass is 16.1. The summed E-state index contributed by atoms with van der Waals surface area (Å²) in [5.41, 5.74) is 1.54. The number of amides is 1. The molecule has 1 radical (unpaired) electrons. The second-order valence-electron chi connectivity index (χ2n) is 2.88. The van der Waals surface area contributed by atoms with E-state index in [4.69, 9.17) is 0 Å². The fourth-order valence-electron chi connectivity index (χ4n) is 1.15. The zero-order chi connectivity index (χ0) is 10.7. The number of nitrogens with one attached hydrogen (secondary N) is 2. The number of H-pyrrole nitrogens is 1. The molecule has 0 aliphatic carbocycles. The first-order chi connectivity index (χ1) is 7.25. The molecule has 6 nitrogen and oxygen atoms in total. The molecule has 0 atom stereocenters. The van der Waals surface area contributed by atoms with Gasteiger partial charge in [-0.3, -0.25) is 4.79 Å². The minimum absolute atomic E-state index is 0.343. The lowest BCUT2D eigenvalue weighted by atomic mass is 10.2. The molecule has 1 amide bonds. The number of hydrogen-bond donors (Lipinski definition) is 2. The molecular weight excluding hydrogens is 194 g/mol. The van der Waals surface area contributed by atoms with Crippen LogP contribution in [0.5, 0.6) is 0 Å². The Morgan fingerprint density at radius 3 is 2.60 bits per heavy atom. The van der Waals surface area contributed by atoms with Crippen LogP contribution in [-0.2, 0) is 4.79 Å². The Kier molecular flexibility index (Phi) is 2.40. The second-order valence-corrected chi connectivity index (χ2v) is 2.88. The lowest BCUT2D eigenvalue weighted by molar-refractivity contribution is -0.112. The third-order valence-corrected chi connectivity index (χ3v) is 1.79. The molecule has 1 aromatic carbocycles. The van der Waals surface area contributed by atoms with Crippen molar-refractivity contribution in [3.63, 3.8) is 0 Å². The van der Waals surface area contributed by atoms with E-state index in [1.807, 2.05) is 0 Å². The molecule has 0 aliphatic rings. The van der Waals surface area contributed by atoms with E-state index >= 15 is 0 Å². The van der Waals surface area contributed by atoms with E-state index in [0.717, 1.165) is 5.56 Å². The van der Waals surface area contributed by atoms with Crippen molar-refractivity contribution in [1.29, 1.82) is 0 Å². The van der Waals surface area contributed by atoms with E-state index in [9.17, 15) is 4.79 Å². The van der Waals surface area contributed by atoms with Crippen molar-refractivity contribution in [2.45, 2.75) is 0 Å². The molecule has 0 saturated carbocycles. The zero-order valence-corrected chi connectivity index (χ0v) is 7.77. The Bertz CT molecular complexity index is 448. The van der Waals surface area contributed by atoms with Crippen LogP contribution >= 0.6 is 0 Å². The number of tetrazole rings is 1. The Labute approximate surface area is 85.7 Å². The molecule has 6 heteroatoms. The van der Waals surface area contributed by atoms with Crippen LogP contribution in [0.25, 0.3) is 11.4 Å². The van der Waals surface area contributed by atoms with E-state index in [1.165, 1.54) is 0 Å². The third kappa shape index (κ3) is 2.16. The normalized spacial score (nSPS) is 9.93. The molecule has 1 aromatic heterocycles. The van der Waals surface area contributed by atoms with Crippen LogP contribution in [0.1, 0.15) is 0 Å². The summed E-state index contributed by atoms with van der Waals surface area (Å²) in [5.74, 6) is 0.242. The van der Waals surface area contributed by atoms with E-state index in [0.29, 0.717) is 11.5 Å². The molecule has 15 heavy (non-hydrogen) atoms. The smallest absolute Gasteiger partial charge is 0.224 e. The molecule has 0 bridgehead atoms. The topological polar surface area (TPSA) is 83.6 Å². The summed E-state index contributed by atoms with van der Waals surface area (Å²) < 4.78 is 0. The highest BCUT2D eigenvalue weighted by molar-refractivity contribution is 5.93. The lowest BCUT2D eigenvalue weighted by Gasteiger charge is -2.01. The van der Waals surface area contributed by atoms with Gasteiger partial charge in [-0.05, 0) is 34.7 Å². The number of benzene rings is 1. The Hall–Kier alpha value is -2.24. The van der Waals surface area contributed by atoms with Crippen LogP contribution in [0.2, 0.25) is 0 Å². The average molecular weight is 202 g/mol. The molecule has 0 aliphatic heterocycles. The molecule has 1 heterocycles. The maximum Gasteiger partial charge on any atom is 0.224 e. The Balaban J connectivity index is 2.21. The van der Waals surface area contributed by atoms with E-state index in [2.05, 4.69) is 32.9 Å². The van der Waals surface area contributed by atoms with Crippen molar-refractivity contribution in [2.24, 2.45) is 0 Å². The summed E-state index contributed by atoms with van der Waals surface area (Å²) in [4.78, 5) is 10.7. The van der Waals surface area contributed by atoms with Gasteiger partial charge in [-0.2, -0.15) is 0 Å². The monoisotopic (exact) mass is 202 g/mol. The van der Waals surface area contributed by atoms with Gasteiger partial charge < -0.3 is 5.32 Å². The number of carbonyl (C=O) groups is 1. The first-order valence-corrected chi connectivity index (χ1v) is 4.23. The largest absolute Gasteiger partial charge is 0.326 e. The summed E-state index contributed by atoms with van der Waals surface area (Å²) in [6, 6.07) is 7.10. The minimum atomic E-state index is -0.343. The summed E-state index contributed by atoms with van der Waals surface area (Å²) >= 11 is 0.